The van der Waals surface area contributed by atoms with E-state index < -0.39 is 0 Å². The van der Waals surface area contributed by atoms with Gasteiger partial charge in [0.05, 0.1) is 11.6 Å². The van der Waals surface area contributed by atoms with Gasteiger partial charge < -0.3 is 15.0 Å². The Labute approximate surface area is 146 Å². The van der Waals surface area contributed by atoms with Gasteiger partial charge in [0.2, 0.25) is 0 Å². The van der Waals surface area contributed by atoms with Gasteiger partial charge in [0.15, 0.2) is 0 Å². The van der Waals surface area contributed by atoms with E-state index >= 15 is 0 Å². The third kappa shape index (κ3) is 2.86. The normalized spacial score (nSPS) is 18.1. The number of carbonyl (C=O) groups excluding carboxylic acids is 2. The number of cyclic esters (lactones) is 1. The lowest BCUT2D eigenvalue weighted by atomic mass is 9.87. The zero-order chi connectivity index (χ0) is 17.4. The van der Waals surface area contributed by atoms with Crippen LogP contribution >= 0.6 is 0 Å². The van der Waals surface area contributed by atoms with E-state index in [4.69, 9.17) is 4.74 Å². The molecule has 2 aliphatic rings. The fourth-order valence-electron chi connectivity index (χ4n) is 3.69. The van der Waals surface area contributed by atoms with Crippen molar-refractivity contribution in [2.24, 2.45) is 0 Å². The lowest BCUT2D eigenvalue weighted by molar-refractivity contribution is 0.0535. The fraction of sp³-hybridized carbons (Fsp3) is 0.300. The second kappa shape index (κ2) is 6.24. The Morgan fingerprint density at radius 1 is 1.20 bits per heavy atom. The molecule has 2 aromatic rings. The molecule has 2 aromatic carbocycles. The number of rotatable bonds is 2. The van der Waals surface area contributed by atoms with Crippen LogP contribution in [-0.2, 0) is 17.8 Å². The summed E-state index contributed by atoms with van der Waals surface area (Å²) in [6.45, 7) is 0.268. The number of nitrogens with zero attached hydrogens (tertiary/aromatic N) is 1. The maximum atomic E-state index is 12.7. The second-order valence-corrected chi connectivity index (χ2v) is 6.60. The van der Waals surface area contributed by atoms with Gasteiger partial charge in [-0.15, -0.1) is 0 Å². The lowest BCUT2D eigenvalue weighted by Crippen LogP contribution is -2.36. The van der Waals surface area contributed by atoms with Crippen molar-refractivity contribution in [2.75, 3.05) is 12.4 Å². The molecule has 0 aromatic heterocycles. The SMILES string of the molecule is CN(C(=O)Nc1ccc2c(c1)COC2=O)[C@H]1CCCc2ccccc21. The highest BCUT2D eigenvalue weighted by Gasteiger charge is 2.27. The van der Waals surface area contributed by atoms with Crippen LogP contribution in [0.2, 0.25) is 0 Å². The monoisotopic (exact) mass is 336 g/mol. The third-order valence-electron chi connectivity index (χ3n) is 5.06. The minimum absolute atomic E-state index is 0.0873. The first-order valence-corrected chi connectivity index (χ1v) is 8.55. The summed E-state index contributed by atoms with van der Waals surface area (Å²) in [5, 5.41) is 2.93. The highest BCUT2D eigenvalue weighted by molar-refractivity contribution is 5.95. The van der Waals surface area contributed by atoms with Gasteiger partial charge in [0.25, 0.3) is 0 Å². The molecule has 1 aliphatic heterocycles. The van der Waals surface area contributed by atoms with Gasteiger partial charge in [0.1, 0.15) is 6.61 Å². The van der Waals surface area contributed by atoms with E-state index in [1.54, 1.807) is 23.1 Å². The summed E-state index contributed by atoms with van der Waals surface area (Å²) in [7, 11) is 1.84. The van der Waals surface area contributed by atoms with Crippen LogP contribution in [0.3, 0.4) is 0 Å². The number of hydrogen-bond donors (Lipinski definition) is 1. The Kier molecular flexibility index (Phi) is 3.92. The van der Waals surface area contributed by atoms with E-state index in [-0.39, 0.29) is 24.6 Å². The molecule has 1 aliphatic carbocycles. The molecule has 0 fully saturated rings. The summed E-state index contributed by atoms with van der Waals surface area (Å²) in [4.78, 5) is 26.0. The number of nitrogens with one attached hydrogen (secondary N) is 1. The molecular formula is C20H20N2O3. The van der Waals surface area contributed by atoms with Crippen LogP contribution < -0.4 is 5.32 Å². The summed E-state index contributed by atoms with van der Waals surface area (Å²) in [6.07, 6.45) is 3.12. The van der Waals surface area contributed by atoms with E-state index in [1.165, 1.54) is 11.1 Å². The number of ether oxygens (including phenoxy) is 1. The number of esters is 1. The molecule has 0 saturated carbocycles. The lowest BCUT2D eigenvalue weighted by Gasteiger charge is -2.33. The van der Waals surface area contributed by atoms with Crippen molar-refractivity contribution in [3.05, 3.63) is 64.7 Å². The second-order valence-electron chi connectivity index (χ2n) is 6.60. The molecule has 2 amide bonds. The first kappa shape index (κ1) is 15.7. The number of amides is 2. The van der Waals surface area contributed by atoms with Crippen LogP contribution in [0, 0.1) is 0 Å². The Morgan fingerprint density at radius 2 is 2.04 bits per heavy atom. The molecule has 25 heavy (non-hydrogen) atoms. The molecule has 0 bridgehead atoms. The first-order valence-electron chi connectivity index (χ1n) is 8.55. The first-order chi connectivity index (χ1) is 12.1. The minimum Gasteiger partial charge on any atom is -0.457 e. The zero-order valence-corrected chi connectivity index (χ0v) is 14.1. The third-order valence-corrected chi connectivity index (χ3v) is 5.06. The van der Waals surface area contributed by atoms with E-state index in [0.717, 1.165) is 24.8 Å². The van der Waals surface area contributed by atoms with Gasteiger partial charge in [-0.2, -0.15) is 0 Å². The number of hydrogen-bond acceptors (Lipinski definition) is 3. The molecular weight excluding hydrogens is 316 g/mol. The largest absolute Gasteiger partial charge is 0.457 e. The Balaban J connectivity index is 1.51. The topological polar surface area (TPSA) is 58.6 Å². The fourth-order valence-corrected chi connectivity index (χ4v) is 3.69. The van der Waals surface area contributed by atoms with Gasteiger partial charge >= 0.3 is 12.0 Å². The van der Waals surface area contributed by atoms with Crippen LogP contribution in [-0.4, -0.2) is 23.9 Å². The number of fused-ring (bicyclic) bond motifs is 2. The van der Waals surface area contributed by atoms with Crippen molar-refractivity contribution in [2.45, 2.75) is 31.9 Å². The molecule has 1 N–H and O–H groups in total. The Bertz CT molecular complexity index is 847. The van der Waals surface area contributed by atoms with E-state index in [0.29, 0.717) is 11.3 Å². The van der Waals surface area contributed by atoms with Gasteiger partial charge in [0, 0.05) is 18.3 Å². The smallest absolute Gasteiger partial charge is 0.338 e. The molecule has 1 heterocycles. The summed E-state index contributed by atoms with van der Waals surface area (Å²) in [6, 6.07) is 13.5. The molecule has 4 rings (SSSR count). The van der Waals surface area contributed by atoms with Gasteiger partial charge in [-0.3, -0.25) is 0 Å². The van der Waals surface area contributed by atoms with Crippen molar-refractivity contribution in [3.63, 3.8) is 0 Å². The average molecular weight is 336 g/mol. The van der Waals surface area contributed by atoms with Gasteiger partial charge in [-0.05, 0) is 48.6 Å². The number of anilines is 1. The zero-order valence-electron chi connectivity index (χ0n) is 14.1. The predicted octanol–water partition coefficient (Wildman–Crippen LogP) is 3.90. The molecule has 0 unspecified atom stereocenters. The van der Waals surface area contributed by atoms with Crippen LogP contribution in [0.15, 0.2) is 42.5 Å². The standard InChI is InChI=1S/C20H20N2O3/c1-22(18-8-4-6-13-5-2-3-7-16(13)18)20(24)21-15-9-10-17-14(11-15)12-25-19(17)23/h2-3,5,7,9-11,18H,4,6,8,12H2,1H3,(H,21,24)/t18-/m0/s1. The van der Waals surface area contributed by atoms with Crippen LogP contribution in [0.1, 0.15) is 45.9 Å². The van der Waals surface area contributed by atoms with Crippen molar-refractivity contribution < 1.29 is 14.3 Å². The number of urea groups is 1. The highest BCUT2D eigenvalue weighted by atomic mass is 16.5. The van der Waals surface area contributed by atoms with E-state index in [2.05, 4.69) is 23.5 Å². The van der Waals surface area contributed by atoms with Crippen LogP contribution in [0.5, 0.6) is 0 Å². The molecule has 0 radical (unpaired) electrons. The summed E-state index contributed by atoms with van der Waals surface area (Å²) >= 11 is 0. The molecule has 5 heteroatoms. The molecule has 0 spiro atoms. The van der Waals surface area contributed by atoms with Gasteiger partial charge in [-0.25, -0.2) is 9.59 Å². The van der Waals surface area contributed by atoms with Crippen molar-refractivity contribution in [1.82, 2.24) is 4.90 Å². The molecule has 5 nitrogen and oxygen atoms in total. The summed E-state index contributed by atoms with van der Waals surface area (Å²) in [5.41, 5.74) is 4.63. The predicted molar refractivity (Wildman–Crippen MR) is 94.5 cm³/mol. The number of carbonyl (C=O) groups is 2. The maximum Gasteiger partial charge on any atom is 0.338 e. The maximum absolute atomic E-state index is 12.7. The quantitative estimate of drug-likeness (QED) is 0.846. The van der Waals surface area contributed by atoms with Crippen LogP contribution in [0.4, 0.5) is 10.5 Å². The van der Waals surface area contributed by atoms with Crippen molar-refractivity contribution in [1.29, 1.82) is 0 Å². The van der Waals surface area contributed by atoms with E-state index in [1.807, 2.05) is 13.1 Å². The van der Waals surface area contributed by atoms with Crippen molar-refractivity contribution >= 4 is 17.7 Å². The molecule has 1 atom stereocenters. The van der Waals surface area contributed by atoms with E-state index in [9.17, 15) is 9.59 Å². The Morgan fingerprint density at radius 3 is 2.92 bits per heavy atom. The van der Waals surface area contributed by atoms with Crippen molar-refractivity contribution in [3.8, 4) is 0 Å². The molecule has 0 saturated heterocycles. The minimum atomic E-state index is -0.302. The van der Waals surface area contributed by atoms with Gasteiger partial charge in [-0.1, -0.05) is 24.3 Å². The number of benzene rings is 2. The summed E-state index contributed by atoms with van der Waals surface area (Å²) < 4.78 is 5.00. The van der Waals surface area contributed by atoms with Crippen LogP contribution in [0.25, 0.3) is 0 Å². The Hall–Kier alpha value is -2.82. The highest BCUT2D eigenvalue weighted by Crippen LogP contribution is 2.33. The summed E-state index contributed by atoms with van der Waals surface area (Å²) in [5.74, 6) is -0.302. The average Bonchev–Trinajstić information content (AvgIpc) is 3.01. The number of aryl methyl sites for hydroxylation is 1. The molecule has 128 valence electrons.